The number of pyridine rings is 1. The van der Waals surface area contributed by atoms with Gasteiger partial charge < -0.3 is 10.5 Å². The van der Waals surface area contributed by atoms with Gasteiger partial charge in [-0.3, -0.25) is 4.98 Å². The molecule has 0 radical (unpaired) electrons. The maximum Gasteiger partial charge on any atom is 0.132 e. The van der Waals surface area contributed by atoms with E-state index in [2.05, 4.69) is 17.1 Å². The first-order valence-corrected chi connectivity index (χ1v) is 6.82. The van der Waals surface area contributed by atoms with E-state index < -0.39 is 5.60 Å². The zero-order chi connectivity index (χ0) is 14.6. The van der Waals surface area contributed by atoms with E-state index in [9.17, 15) is 0 Å². The predicted molar refractivity (Wildman–Crippen MR) is 81.4 cm³/mol. The van der Waals surface area contributed by atoms with Gasteiger partial charge in [0.2, 0.25) is 0 Å². The van der Waals surface area contributed by atoms with E-state index in [1.165, 1.54) is 0 Å². The Balaban J connectivity index is 2.39. The molecule has 2 N–H and O–H groups in total. The molecule has 0 aliphatic rings. The lowest BCUT2D eigenvalue weighted by molar-refractivity contribution is -0.0273. The molecule has 0 saturated heterocycles. The molecule has 1 aromatic heterocycles. The van der Waals surface area contributed by atoms with Crippen molar-refractivity contribution in [1.82, 2.24) is 4.98 Å². The van der Waals surface area contributed by atoms with E-state index >= 15 is 0 Å². The number of ether oxygens (including phenoxy) is 1. The van der Waals surface area contributed by atoms with Crippen LogP contribution in [0.3, 0.4) is 0 Å². The second kappa shape index (κ2) is 5.73. The molecule has 2 aromatic rings. The minimum Gasteiger partial charge on any atom is -0.362 e. The van der Waals surface area contributed by atoms with Gasteiger partial charge in [-0.2, -0.15) is 0 Å². The van der Waals surface area contributed by atoms with E-state index in [0.717, 1.165) is 11.3 Å². The summed E-state index contributed by atoms with van der Waals surface area (Å²) in [5.41, 5.74) is 7.03. The van der Waals surface area contributed by atoms with Crippen molar-refractivity contribution >= 4 is 0 Å². The number of aromatic nitrogens is 1. The topological polar surface area (TPSA) is 48.1 Å². The summed E-state index contributed by atoms with van der Waals surface area (Å²) < 4.78 is 6.18. The highest BCUT2D eigenvalue weighted by molar-refractivity contribution is 5.31. The first-order chi connectivity index (χ1) is 9.42. The molecule has 0 amide bonds. The maximum atomic E-state index is 6.18. The summed E-state index contributed by atoms with van der Waals surface area (Å²) in [6.45, 7) is 6.40. The van der Waals surface area contributed by atoms with Gasteiger partial charge in [0, 0.05) is 11.7 Å². The molecule has 0 aliphatic heterocycles. The lowest BCUT2D eigenvalue weighted by Crippen LogP contribution is -2.42. The van der Waals surface area contributed by atoms with Crippen molar-refractivity contribution < 1.29 is 4.74 Å². The minimum absolute atomic E-state index is 0.384. The van der Waals surface area contributed by atoms with Gasteiger partial charge in [0.15, 0.2) is 0 Å². The summed E-state index contributed by atoms with van der Waals surface area (Å²) in [5, 5.41) is 0. The van der Waals surface area contributed by atoms with Gasteiger partial charge in [-0.25, -0.2) is 0 Å². The summed E-state index contributed by atoms with van der Waals surface area (Å²) in [6, 6.07) is 16.0. The van der Waals surface area contributed by atoms with E-state index in [-0.39, 0.29) is 5.54 Å². The Labute approximate surface area is 120 Å². The van der Waals surface area contributed by atoms with Crippen LogP contribution in [0.15, 0.2) is 54.7 Å². The minimum atomic E-state index is -0.598. The van der Waals surface area contributed by atoms with Crippen LogP contribution >= 0.6 is 0 Å². The summed E-state index contributed by atoms with van der Waals surface area (Å²) in [5.74, 6) is 0. The molecule has 20 heavy (non-hydrogen) atoms. The smallest absolute Gasteiger partial charge is 0.132 e. The number of benzene rings is 1. The molecule has 106 valence electrons. The molecule has 3 heteroatoms. The SMILES string of the molecule is CC(C)(N)COC(C)(c1ccccc1)c1ccccn1. The maximum absolute atomic E-state index is 6.18. The summed E-state index contributed by atoms with van der Waals surface area (Å²) >= 11 is 0. The molecular weight excluding hydrogens is 248 g/mol. The van der Waals surface area contributed by atoms with Crippen LogP contribution in [0.25, 0.3) is 0 Å². The highest BCUT2D eigenvalue weighted by Gasteiger charge is 2.32. The molecular formula is C17H22N2O. The number of rotatable bonds is 5. The van der Waals surface area contributed by atoms with Crippen molar-refractivity contribution in [3.63, 3.8) is 0 Å². The Morgan fingerprint density at radius 1 is 1.00 bits per heavy atom. The normalized spacial score (nSPS) is 14.8. The van der Waals surface area contributed by atoms with Crippen molar-refractivity contribution in [2.24, 2.45) is 5.73 Å². The van der Waals surface area contributed by atoms with E-state index in [4.69, 9.17) is 10.5 Å². The predicted octanol–water partition coefficient (Wildman–Crippen LogP) is 3.10. The summed E-state index contributed by atoms with van der Waals surface area (Å²) in [7, 11) is 0. The molecule has 0 fully saturated rings. The van der Waals surface area contributed by atoms with Crippen molar-refractivity contribution in [2.45, 2.75) is 31.9 Å². The molecule has 0 spiro atoms. The van der Waals surface area contributed by atoms with Crippen molar-refractivity contribution in [1.29, 1.82) is 0 Å². The van der Waals surface area contributed by atoms with Crippen LogP contribution in [0.1, 0.15) is 32.0 Å². The monoisotopic (exact) mass is 270 g/mol. The van der Waals surface area contributed by atoms with Crippen LogP contribution in [-0.2, 0) is 10.3 Å². The van der Waals surface area contributed by atoms with E-state index in [1.54, 1.807) is 6.20 Å². The molecule has 0 bridgehead atoms. The standard InChI is InChI=1S/C17H22N2O/c1-16(2,18)13-20-17(3,14-9-5-4-6-10-14)15-11-7-8-12-19-15/h4-12H,13,18H2,1-3H3. The summed E-state index contributed by atoms with van der Waals surface area (Å²) in [6.07, 6.45) is 1.79. The fourth-order valence-corrected chi connectivity index (χ4v) is 2.04. The van der Waals surface area contributed by atoms with Gasteiger partial charge in [0.1, 0.15) is 5.60 Å². The van der Waals surface area contributed by atoms with E-state index in [1.807, 2.05) is 57.2 Å². The first kappa shape index (κ1) is 14.7. The fourth-order valence-electron chi connectivity index (χ4n) is 2.04. The third kappa shape index (κ3) is 3.44. The van der Waals surface area contributed by atoms with Gasteiger partial charge in [0.05, 0.1) is 12.3 Å². The van der Waals surface area contributed by atoms with Crippen LogP contribution < -0.4 is 5.73 Å². The Morgan fingerprint density at radius 3 is 2.20 bits per heavy atom. The molecule has 0 saturated carbocycles. The number of nitrogens with two attached hydrogens (primary N) is 1. The van der Waals surface area contributed by atoms with Crippen molar-refractivity contribution in [3.8, 4) is 0 Å². The van der Waals surface area contributed by atoms with Crippen LogP contribution in [-0.4, -0.2) is 17.1 Å². The lowest BCUT2D eigenvalue weighted by Gasteiger charge is -2.33. The second-order valence-electron chi connectivity index (χ2n) is 5.89. The fraction of sp³-hybridized carbons (Fsp3) is 0.353. The van der Waals surface area contributed by atoms with Crippen LogP contribution in [0, 0.1) is 0 Å². The largest absolute Gasteiger partial charge is 0.362 e. The Morgan fingerprint density at radius 2 is 1.65 bits per heavy atom. The average Bonchev–Trinajstić information content (AvgIpc) is 2.46. The van der Waals surface area contributed by atoms with E-state index in [0.29, 0.717) is 6.61 Å². The molecule has 1 unspecified atom stereocenters. The molecule has 0 aliphatic carbocycles. The Hall–Kier alpha value is -1.71. The Bertz CT molecular complexity index is 492. The number of nitrogens with zero attached hydrogens (tertiary/aromatic N) is 1. The van der Waals surface area contributed by atoms with Gasteiger partial charge in [-0.1, -0.05) is 36.4 Å². The van der Waals surface area contributed by atoms with Crippen LogP contribution in [0.5, 0.6) is 0 Å². The zero-order valence-corrected chi connectivity index (χ0v) is 12.3. The zero-order valence-electron chi connectivity index (χ0n) is 12.3. The first-order valence-electron chi connectivity index (χ1n) is 6.82. The lowest BCUT2D eigenvalue weighted by atomic mass is 9.91. The third-order valence-electron chi connectivity index (χ3n) is 3.21. The summed E-state index contributed by atoms with van der Waals surface area (Å²) in [4.78, 5) is 4.46. The molecule has 1 heterocycles. The van der Waals surface area contributed by atoms with Gasteiger partial charge >= 0.3 is 0 Å². The Kier molecular flexibility index (Phi) is 4.21. The van der Waals surface area contributed by atoms with Gasteiger partial charge in [-0.15, -0.1) is 0 Å². The average molecular weight is 270 g/mol. The molecule has 1 atom stereocenters. The highest BCUT2D eigenvalue weighted by Crippen LogP contribution is 2.32. The molecule has 3 nitrogen and oxygen atoms in total. The third-order valence-corrected chi connectivity index (χ3v) is 3.21. The van der Waals surface area contributed by atoms with Gasteiger partial charge in [-0.05, 0) is 38.5 Å². The van der Waals surface area contributed by atoms with Crippen molar-refractivity contribution in [2.75, 3.05) is 6.61 Å². The van der Waals surface area contributed by atoms with Crippen molar-refractivity contribution in [3.05, 3.63) is 66.0 Å². The highest BCUT2D eigenvalue weighted by atomic mass is 16.5. The van der Waals surface area contributed by atoms with Crippen LogP contribution in [0.4, 0.5) is 0 Å². The number of hydrogen-bond acceptors (Lipinski definition) is 3. The van der Waals surface area contributed by atoms with Crippen LogP contribution in [0.2, 0.25) is 0 Å². The van der Waals surface area contributed by atoms with Gasteiger partial charge in [0.25, 0.3) is 0 Å². The second-order valence-corrected chi connectivity index (χ2v) is 5.89. The number of hydrogen-bond donors (Lipinski definition) is 1. The quantitative estimate of drug-likeness (QED) is 0.908. The molecule has 1 aromatic carbocycles. The molecule has 2 rings (SSSR count).